The van der Waals surface area contributed by atoms with Crippen LogP contribution in [0.5, 0.6) is 5.75 Å². The Morgan fingerprint density at radius 1 is 1.20 bits per heavy atom. The number of ether oxygens (including phenoxy) is 1. The minimum atomic E-state index is -0.224. The third-order valence-corrected chi connectivity index (χ3v) is 6.78. The first-order valence-electron chi connectivity index (χ1n) is 10.9. The average Bonchev–Trinajstić information content (AvgIpc) is 3.11. The number of carbonyl (C=O) groups excluding carboxylic acids is 1. The summed E-state index contributed by atoms with van der Waals surface area (Å²) in [4.78, 5) is 12.8. The van der Waals surface area contributed by atoms with Crippen molar-refractivity contribution >= 4 is 17.7 Å². The van der Waals surface area contributed by atoms with Gasteiger partial charge in [0, 0.05) is 18.2 Å². The van der Waals surface area contributed by atoms with Gasteiger partial charge in [0.25, 0.3) is 0 Å². The quantitative estimate of drug-likeness (QED) is 0.610. The Morgan fingerprint density at radius 2 is 1.90 bits per heavy atom. The van der Waals surface area contributed by atoms with Crippen molar-refractivity contribution in [2.75, 3.05) is 7.11 Å². The van der Waals surface area contributed by atoms with E-state index in [1.807, 2.05) is 31.2 Å². The maximum Gasteiger partial charge on any atom is 0.233 e. The molecule has 0 spiro atoms. The van der Waals surface area contributed by atoms with Crippen LogP contribution >= 0.6 is 11.8 Å². The molecule has 7 heteroatoms. The van der Waals surface area contributed by atoms with Crippen LogP contribution < -0.4 is 10.1 Å². The summed E-state index contributed by atoms with van der Waals surface area (Å²) in [6.07, 6.45) is 4.74. The van der Waals surface area contributed by atoms with Gasteiger partial charge in [-0.1, -0.05) is 45.4 Å². The Labute approximate surface area is 184 Å². The van der Waals surface area contributed by atoms with E-state index >= 15 is 0 Å². The molecule has 3 rings (SSSR count). The lowest BCUT2D eigenvalue weighted by Gasteiger charge is -2.30. The summed E-state index contributed by atoms with van der Waals surface area (Å²) in [6, 6.07) is 8.14. The second-order valence-electron chi connectivity index (χ2n) is 8.68. The first-order chi connectivity index (χ1) is 14.4. The van der Waals surface area contributed by atoms with Gasteiger partial charge < -0.3 is 14.6 Å². The molecule has 1 aromatic carbocycles. The van der Waals surface area contributed by atoms with E-state index in [0.717, 1.165) is 35.3 Å². The topological polar surface area (TPSA) is 69.0 Å². The highest BCUT2D eigenvalue weighted by molar-refractivity contribution is 8.00. The fourth-order valence-electron chi connectivity index (χ4n) is 3.90. The van der Waals surface area contributed by atoms with Gasteiger partial charge in [0.2, 0.25) is 5.91 Å². The molecule has 0 unspecified atom stereocenters. The number of amides is 1. The Morgan fingerprint density at radius 3 is 2.53 bits per heavy atom. The summed E-state index contributed by atoms with van der Waals surface area (Å²) in [5.74, 6) is 2.70. The smallest absolute Gasteiger partial charge is 0.233 e. The Bertz CT molecular complexity index is 834. The molecule has 1 heterocycles. The van der Waals surface area contributed by atoms with Crippen LogP contribution in [-0.4, -0.2) is 39.1 Å². The molecule has 30 heavy (non-hydrogen) atoms. The zero-order valence-corrected chi connectivity index (χ0v) is 19.5. The third-order valence-electron chi connectivity index (χ3n) is 5.70. The summed E-state index contributed by atoms with van der Waals surface area (Å²) in [5, 5.41) is 12.7. The van der Waals surface area contributed by atoms with Gasteiger partial charge in [-0.25, -0.2) is 0 Å². The Hall–Kier alpha value is -2.02. The van der Waals surface area contributed by atoms with Crippen LogP contribution in [0.2, 0.25) is 0 Å². The maximum atomic E-state index is 12.8. The van der Waals surface area contributed by atoms with Crippen LogP contribution in [0.3, 0.4) is 0 Å². The van der Waals surface area contributed by atoms with E-state index in [-0.39, 0.29) is 17.2 Å². The van der Waals surface area contributed by atoms with Crippen LogP contribution in [-0.2, 0) is 11.3 Å². The van der Waals surface area contributed by atoms with Gasteiger partial charge >= 0.3 is 0 Å². The van der Waals surface area contributed by atoms with E-state index in [9.17, 15) is 4.79 Å². The van der Waals surface area contributed by atoms with Gasteiger partial charge in [0.1, 0.15) is 5.75 Å². The number of rotatable bonds is 8. The van der Waals surface area contributed by atoms with Crippen molar-refractivity contribution in [2.45, 2.75) is 76.4 Å². The number of benzene rings is 1. The number of nitrogens with one attached hydrogen (secondary N) is 1. The summed E-state index contributed by atoms with van der Waals surface area (Å²) in [5.41, 5.74) is 0.990. The largest absolute Gasteiger partial charge is 0.497 e. The summed E-state index contributed by atoms with van der Waals surface area (Å²) in [7, 11) is 1.66. The van der Waals surface area contributed by atoms with Crippen molar-refractivity contribution in [3.63, 3.8) is 0 Å². The molecule has 1 aliphatic rings. The Balaban J connectivity index is 1.75. The van der Waals surface area contributed by atoms with Crippen LogP contribution in [0.1, 0.15) is 53.4 Å². The van der Waals surface area contributed by atoms with E-state index < -0.39 is 0 Å². The number of nitrogens with zero attached hydrogens (tertiary/aromatic N) is 3. The highest BCUT2D eigenvalue weighted by Crippen LogP contribution is 2.30. The fourth-order valence-corrected chi connectivity index (χ4v) is 4.77. The van der Waals surface area contributed by atoms with E-state index in [1.54, 1.807) is 7.11 Å². The molecule has 1 aromatic heterocycles. The molecule has 1 N–H and O–H groups in total. The Kier molecular flexibility index (Phi) is 7.81. The van der Waals surface area contributed by atoms with Crippen LogP contribution in [0.4, 0.5) is 0 Å². The molecule has 3 atom stereocenters. The molecule has 0 radical (unpaired) electrons. The summed E-state index contributed by atoms with van der Waals surface area (Å²) in [6.45, 7) is 9.33. The first-order valence-corrected chi connectivity index (χ1v) is 11.8. The van der Waals surface area contributed by atoms with Crippen molar-refractivity contribution in [1.29, 1.82) is 0 Å². The molecule has 2 aromatic rings. The van der Waals surface area contributed by atoms with Crippen molar-refractivity contribution in [1.82, 2.24) is 20.1 Å². The maximum absolute atomic E-state index is 12.8. The van der Waals surface area contributed by atoms with E-state index in [4.69, 9.17) is 4.74 Å². The number of hydrogen-bond acceptors (Lipinski definition) is 5. The number of methoxy groups -OCH3 is 1. The van der Waals surface area contributed by atoms with Crippen molar-refractivity contribution in [3.8, 4) is 17.1 Å². The zero-order valence-electron chi connectivity index (χ0n) is 18.7. The third kappa shape index (κ3) is 5.56. The molecule has 164 valence electrons. The number of aromatic nitrogens is 3. The minimum absolute atomic E-state index is 0.0869. The van der Waals surface area contributed by atoms with Gasteiger partial charge in [-0.3, -0.25) is 4.79 Å². The second kappa shape index (κ2) is 10.3. The van der Waals surface area contributed by atoms with Gasteiger partial charge in [-0.2, -0.15) is 0 Å². The lowest BCUT2D eigenvalue weighted by molar-refractivity contribution is -0.121. The normalized spacial score (nSPS) is 20.2. The minimum Gasteiger partial charge on any atom is -0.497 e. The first kappa shape index (κ1) is 22.7. The molecule has 1 amide bonds. The molecule has 0 bridgehead atoms. The molecular formula is C23H34N4O2S. The molecule has 1 saturated carbocycles. The van der Waals surface area contributed by atoms with Crippen molar-refractivity contribution < 1.29 is 9.53 Å². The molecular weight excluding hydrogens is 396 g/mol. The molecule has 0 aliphatic heterocycles. The monoisotopic (exact) mass is 430 g/mol. The number of carbonyl (C=O) groups is 1. The number of thioether (sulfide) groups is 1. The lowest BCUT2D eigenvalue weighted by Crippen LogP contribution is -2.44. The lowest BCUT2D eigenvalue weighted by atomic mass is 9.86. The fraction of sp³-hybridized carbons (Fsp3) is 0.609. The predicted molar refractivity (Wildman–Crippen MR) is 122 cm³/mol. The standard InChI is InChI=1S/C23H34N4O2S/c1-15(2)14-27-21(18-10-12-19(29-5)13-11-18)25-26-23(27)30-17(4)22(28)24-20-9-7-6-8-16(20)3/h10-13,15-17,20H,6-9,14H2,1-5H3,(H,24,28)/t16-,17+,20-/m0/s1. The highest BCUT2D eigenvalue weighted by Gasteiger charge is 2.26. The number of hydrogen-bond donors (Lipinski definition) is 1. The van der Waals surface area contributed by atoms with Crippen molar-refractivity contribution in [2.24, 2.45) is 11.8 Å². The molecule has 1 aliphatic carbocycles. The van der Waals surface area contributed by atoms with Gasteiger partial charge in [0.05, 0.1) is 12.4 Å². The van der Waals surface area contributed by atoms with Gasteiger partial charge in [-0.15, -0.1) is 10.2 Å². The second-order valence-corrected chi connectivity index (χ2v) is 9.98. The molecule has 0 saturated heterocycles. The van der Waals surface area contributed by atoms with Crippen LogP contribution in [0.15, 0.2) is 29.4 Å². The SMILES string of the molecule is COc1ccc(-c2nnc(S[C@H](C)C(=O)N[C@H]3CCCC[C@@H]3C)n2CC(C)C)cc1. The van der Waals surface area contributed by atoms with E-state index in [0.29, 0.717) is 11.8 Å². The van der Waals surface area contributed by atoms with Crippen LogP contribution in [0, 0.1) is 11.8 Å². The average molecular weight is 431 g/mol. The van der Waals surface area contributed by atoms with E-state index in [1.165, 1.54) is 31.0 Å². The van der Waals surface area contributed by atoms with Gasteiger partial charge in [0.15, 0.2) is 11.0 Å². The predicted octanol–water partition coefficient (Wildman–Crippen LogP) is 4.79. The summed E-state index contributed by atoms with van der Waals surface area (Å²) < 4.78 is 7.39. The van der Waals surface area contributed by atoms with Crippen molar-refractivity contribution in [3.05, 3.63) is 24.3 Å². The highest BCUT2D eigenvalue weighted by atomic mass is 32.2. The molecule has 6 nitrogen and oxygen atoms in total. The van der Waals surface area contributed by atoms with Crippen LogP contribution in [0.25, 0.3) is 11.4 Å². The zero-order chi connectivity index (χ0) is 21.7. The summed E-state index contributed by atoms with van der Waals surface area (Å²) >= 11 is 1.49. The van der Waals surface area contributed by atoms with Gasteiger partial charge in [-0.05, 0) is 55.9 Å². The van der Waals surface area contributed by atoms with E-state index in [2.05, 4.69) is 40.9 Å². The molecule has 1 fully saturated rings.